The predicted molar refractivity (Wildman–Crippen MR) is 33.2 cm³/mol. The van der Waals surface area contributed by atoms with Crippen LogP contribution in [0.2, 0.25) is 0 Å². The van der Waals surface area contributed by atoms with Crippen LogP contribution in [0.25, 0.3) is 0 Å². The second-order valence-electron chi connectivity index (χ2n) is 2.12. The van der Waals surface area contributed by atoms with Crippen LogP contribution in [0.5, 0.6) is 0 Å². The van der Waals surface area contributed by atoms with Gasteiger partial charge < -0.3 is 0 Å². The van der Waals surface area contributed by atoms with Crippen molar-refractivity contribution >= 4 is 0 Å². The van der Waals surface area contributed by atoms with E-state index in [0.29, 0.717) is 0 Å². The molecule has 2 rings (SSSR count). The summed E-state index contributed by atoms with van der Waals surface area (Å²) in [6.45, 7) is 0. The highest BCUT2D eigenvalue weighted by molar-refractivity contribution is 5.53. The second-order valence-corrected chi connectivity index (χ2v) is 2.12. The average Bonchev–Trinajstić information content (AvgIpc) is 2.49. The molecule has 2 aliphatic carbocycles. The van der Waals surface area contributed by atoms with Gasteiger partial charge in [-0.1, -0.05) is 17.4 Å². The van der Waals surface area contributed by atoms with Gasteiger partial charge in [-0.15, -0.1) is 0 Å². The van der Waals surface area contributed by atoms with Crippen molar-refractivity contribution in [2.24, 2.45) is 0 Å². The Labute approximate surface area is 48.9 Å². The maximum Gasteiger partial charge on any atom is 0.0247 e. The van der Waals surface area contributed by atoms with Crippen LogP contribution in [0, 0.1) is 11.8 Å². The van der Waals surface area contributed by atoms with Crippen molar-refractivity contribution in [1.29, 1.82) is 0 Å². The molecule has 0 heteroatoms. The molecule has 0 aromatic carbocycles. The minimum absolute atomic E-state index is 1.28. The van der Waals surface area contributed by atoms with Crippen LogP contribution in [-0.4, -0.2) is 0 Å². The van der Waals surface area contributed by atoms with Crippen molar-refractivity contribution in [2.75, 3.05) is 0 Å². The standard InChI is InChI=1S/C8H6/c1-2-4-7(3-1)8-5-6-8/h1,3H,5-6H2. The highest BCUT2D eigenvalue weighted by atomic mass is 14.2. The van der Waals surface area contributed by atoms with Crippen molar-refractivity contribution in [2.45, 2.75) is 12.8 Å². The topological polar surface area (TPSA) is 0 Å². The molecule has 0 saturated heterocycles. The summed E-state index contributed by atoms with van der Waals surface area (Å²) in [6.07, 6.45) is 6.56. The van der Waals surface area contributed by atoms with E-state index in [1.807, 2.05) is 6.08 Å². The second kappa shape index (κ2) is 1.26. The van der Waals surface area contributed by atoms with Crippen LogP contribution in [-0.2, 0) is 0 Å². The highest BCUT2D eigenvalue weighted by Gasteiger charge is 2.15. The van der Waals surface area contributed by atoms with Crippen LogP contribution in [0.1, 0.15) is 12.8 Å². The first-order valence-electron chi connectivity index (χ1n) is 2.87. The van der Waals surface area contributed by atoms with Crippen molar-refractivity contribution in [3.05, 3.63) is 23.3 Å². The zero-order chi connectivity index (χ0) is 5.40. The molecular formula is C8H6. The first-order chi connectivity index (χ1) is 3.97. The van der Waals surface area contributed by atoms with Crippen LogP contribution in [0.3, 0.4) is 0 Å². The summed E-state index contributed by atoms with van der Waals surface area (Å²) in [5.74, 6) is 5.94. The molecule has 0 radical (unpaired) electrons. The maximum atomic E-state index is 3.04. The Kier molecular flexibility index (Phi) is 0.625. The minimum Gasteiger partial charge on any atom is -0.0696 e. The number of hydrogen-bond acceptors (Lipinski definition) is 0. The van der Waals surface area contributed by atoms with E-state index in [0.717, 1.165) is 0 Å². The number of hydrogen-bond donors (Lipinski definition) is 0. The lowest BCUT2D eigenvalue weighted by Gasteiger charge is -1.77. The molecular weight excluding hydrogens is 96.1 g/mol. The van der Waals surface area contributed by atoms with Gasteiger partial charge in [0.1, 0.15) is 0 Å². The Morgan fingerprint density at radius 1 is 1.38 bits per heavy atom. The van der Waals surface area contributed by atoms with Crippen molar-refractivity contribution in [3.8, 4) is 11.8 Å². The Hall–Kier alpha value is -0.960. The Balaban J connectivity index is 2.46. The zero-order valence-corrected chi connectivity index (χ0v) is 4.57. The van der Waals surface area contributed by atoms with Crippen LogP contribution in [0.15, 0.2) is 23.3 Å². The quantitative estimate of drug-likeness (QED) is 0.408. The molecule has 1 fully saturated rings. The van der Waals surface area contributed by atoms with E-state index in [-0.39, 0.29) is 0 Å². The van der Waals surface area contributed by atoms with Crippen LogP contribution < -0.4 is 0 Å². The largest absolute Gasteiger partial charge is 0.0696 e. The molecule has 0 aromatic rings. The van der Waals surface area contributed by atoms with Gasteiger partial charge in [0.05, 0.1) is 0 Å². The van der Waals surface area contributed by atoms with E-state index < -0.39 is 0 Å². The molecule has 0 spiro atoms. The average molecular weight is 102 g/mol. The molecule has 38 valence electrons. The van der Waals surface area contributed by atoms with Gasteiger partial charge in [-0.2, -0.15) is 0 Å². The summed E-state index contributed by atoms with van der Waals surface area (Å²) in [6, 6.07) is 0. The molecule has 0 aromatic heterocycles. The fourth-order valence-electron chi connectivity index (χ4n) is 0.824. The molecule has 0 unspecified atom stereocenters. The van der Waals surface area contributed by atoms with Crippen molar-refractivity contribution < 1.29 is 0 Å². The molecule has 0 amide bonds. The van der Waals surface area contributed by atoms with Gasteiger partial charge in [-0.05, 0) is 25.0 Å². The van der Waals surface area contributed by atoms with Gasteiger partial charge in [0, 0.05) is 5.57 Å². The molecule has 0 aliphatic heterocycles. The van der Waals surface area contributed by atoms with Gasteiger partial charge in [0.2, 0.25) is 0 Å². The molecule has 2 aliphatic rings. The fraction of sp³-hybridized carbons (Fsp3) is 0.250. The molecule has 0 atom stereocenters. The summed E-state index contributed by atoms with van der Waals surface area (Å²) < 4.78 is 0. The number of allylic oxidation sites excluding steroid dienone is 4. The summed E-state index contributed by atoms with van der Waals surface area (Å²) in [4.78, 5) is 0. The minimum atomic E-state index is 1.28. The van der Waals surface area contributed by atoms with E-state index in [4.69, 9.17) is 0 Å². The lowest BCUT2D eigenvalue weighted by Crippen LogP contribution is -1.62. The van der Waals surface area contributed by atoms with Gasteiger partial charge in [0.25, 0.3) is 0 Å². The SMILES string of the molecule is C1#CC(=C2CC2)C=C1. The van der Waals surface area contributed by atoms with Crippen molar-refractivity contribution in [3.63, 3.8) is 0 Å². The van der Waals surface area contributed by atoms with Crippen LogP contribution >= 0.6 is 0 Å². The van der Waals surface area contributed by atoms with Gasteiger partial charge in [-0.25, -0.2) is 0 Å². The summed E-state index contributed by atoms with van der Waals surface area (Å²) in [5, 5.41) is 0. The van der Waals surface area contributed by atoms with E-state index >= 15 is 0 Å². The van der Waals surface area contributed by atoms with E-state index in [1.54, 1.807) is 5.57 Å². The van der Waals surface area contributed by atoms with Gasteiger partial charge in [-0.3, -0.25) is 0 Å². The first-order valence-corrected chi connectivity index (χ1v) is 2.87. The molecule has 0 nitrogen and oxygen atoms in total. The first kappa shape index (κ1) is 3.97. The lowest BCUT2D eigenvalue weighted by molar-refractivity contribution is 1.50. The third-order valence-electron chi connectivity index (χ3n) is 1.42. The normalized spacial score (nSPS) is 21.0. The maximum absolute atomic E-state index is 3.04. The summed E-state index contributed by atoms with van der Waals surface area (Å²) in [7, 11) is 0. The third-order valence-corrected chi connectivity index (χ3v) is 1.42. The Morgan fingerprint density at radius 2 is 2.25 bits per heavy atom. The smallest absolute Gasteiger partial charge is 0.0247 e. The van der Waals surface area contributed by atoms with Gasteiger partial charge in [0.15, 0.2) is 0 Å². The lowest BCUT2D eigenvalue weighted by atomic mass is 10.3. The highest BCUT2D eigenvalue weighted by Crippen LogP contribution is 2.32. The van der Waals surface area contributed by atoms with Gasteiger partial charge >= 0.3 is 0 Å². The third kappa shape index (κ3) is 0.484. The fourth-order valence-corrected chi connectivity index (χ4v) is 0.824. The predicted octanol–water partition coefficient (Wildman–Crippen LogP) is 1.65. The van der Waals surface area contributed by atoms with E-state index in [1.165, 1.54) is 18.4 Å². The monoisotopic (exact) mass is 102 g/mol. The Morgan fingerprint density at radius 3 is 2.75 bits per heavy atom. The molecule has 0 heterocycles. The summed E-state index contributed by atoms with van der Waals surface area (Å²) in [5.41, 5.74) is 2.83. The summed E-state index contributed by atoms with van der Waals surface area (Å²) >= 11 is 0. The zero-order valence-electron chi connectivity index (χ0n) is 4.57. The molecule has 1 saturated carbocycles. The molecule has 0 bridgehead atoms. The Bertz CT molecular complexity index is 224. The molecule has 0 N–H and O–H groups in total. The number of rotatable bonds is 0. The van der Waals surface area contributed by atoms with E-state index in [2.05, 4.69) is 17.9 Å². The van der Waals surface area contributed by atoms with Crippen molar-refractivity contribution in [1.82, 2.24) is 0 Å². The van der Waals surface area contributed by atoms with Crippen LogP contribution in [0.4, 0.5) is 0 Å². The molecule has 8 heavy (non-hydrogen) atoms. The van der Waals surface area contributed by atoms with E-state index in [9.17, 15) is 0 Å².